The minimum absolute atomic E-state index is 0.788. The Morgan fingerprint density at radius 3 is 2.84 bits per heavy atom. The number of aryl methyl sites for hydroxylation is 2. The van der Waals surface area contributed by atoms with E-state index >= 15 is 0 Å². The Morgan fingerprint density at radius 2 is 2.05 bits per heavy atom. The first kappa shape index (κ1) is 12.1. The van der Waals surface area contributed by atoms with Crippen molar-refractivity contribution in [3.05, 3.63) is 52.8 Å². The first-order valence-corrected chi connectivity index (χ1v) is 7.05. The fraction of sp³-hybridized carbons (Fsp3) is 0.200. The Bertz CT molecular complexity index is 701. The molecule has 1 N–H and O–H groups in total. The van der Waals surface area contributed by atoms with Crippen LogP contribution in [0.4, 0.5) is 5.69 Å². The predicted octanol–water partition coefficient (Wildman–Crippen LogP) is 3.92. The van der Waals surface area contributed by atoms with Crippen molar-refractivity contribution in [3.8, 4) is 0 Å². The van der Waals surface area contributed by atoms with E-state index in [-0.39, 0.29) is 0 Å². The van der Waals surface area contributed by atoms with E-state index in [4.69, 9.17) is 0 Å². The van der Waals surface area contributed by atoms with Crippen molar-refractivity contribution in [2.24, 2.45) is 0 Å². The molecular formula is C15H15N3S. The molecule has 0 amide bonds. The molecule has 4 heteroatoms. The molecule has 0 saturated carbocycles. The fourth-order valence-corrected chi connectivity index (χ4v) is 2.82. The summed E-state index contributed by atoms with van der Waals surface area (Å²) >= 11 is 1.73. The Morgan fingerprint density at radius 1 is 1.16 bits per heavy atom. The van der Waals surface area contributed by atoms with Gasteiger partial charge in [-0.1, -0.05) is 6.07 Å². The number of hydrogen-bond donors (Lipinski definition) is 1. The zero-order chi connectivity index (χ0) is 13.2. The van der Waals surface area contributed by atoms with Crippen molar-refractivity contribution in [2.45, 2.75) is 20.4 Å². The van der Waals surface area contributed by atoms with Crippen LogP contribution >= 0.6 is 11.3 Å². The summed E-state index contributed by atoms with van der Waals surface area (Å²) in [6.45, 7) is 4.82. The molecule has 3 rings (SSSR count). The zero-order valence-corrected chi connectivity index (χ0v) is 11.8. The maximum absolute atomic E-state index is 4.46. The molecule has 0 saturated heterocycles. The molecule has 0 aliphatic carbocycles. The van der Waals surface area contributed by atoms with Gasteiger partial charge in [-0.3, -0.25) is 4.98 Å². The number of rotatable bonds is 3. The number of nitrogens with one attached hydrogen (secondary N) is 1. The molecule has 0 bridgehead atoms. The Kier molecular flexibility index (Phi) is 3.17. The minimum atomic E-state index is 0.788. The highest BCUT2D eigenvalue weighted by molar-refractivity contribution is 7.18. The van der Waals surface area contributed by atoms with Crippen LogP contribution in [0.3, 0.4) is 0 Å². The molecule has 0 atom stereocenters. The van der Waals surface area contributed by atoms with Crippen LogP contribution in [-0.2, 0) is 6.54 Å². The Balaban J connectivity index is 1.75. The van der Waals surface area contributed by atoms with Gasteiger partial charge in [-0.05, 0) is 43.7 Å². The first-order valence-electron chi connectivity index (χ1n) is 6.23. The quantitative estimate of drug-likeness (QED) is 0.783. The van der Waals surface area contributed by atoms with Gasteiger partial charge in [0.2, 0.25) is 0 Å². The molecule has 3 aromatic rings. The average Bonchev–Trinajstić information content (AvgIpc) is 2.77. The summed E-state index contributed by atoms with van der Waals surface area (Å²) in [6, 6.07) is 10.4. The number of nitrogens with zero attached hydrogens (tertiary/aromatic N) is 2. The van der Waals surface area contributed by atoms with E-state index in [2.05, 4.69) is 39.6 Å². The van der Waals surface area contributed by atoms with Gasteiger partial charge in [0.1, 0.15) is 0 Å². The largest absolute Gasteiger partial charge is 0.381 e. The van der Waals surface area contributed by atoms with E-state index in [1.807, 2.05) is 26.1 Å². The second kappa shape index (κ2) is 4.97. The molecule has 1 aromatic carbocycles. The number of aromatic nitrogens is 2. The van der Waals surface area contributed by atoms with Gasteiger partial charge in [0.05, 0.1) is 15.2 Å². The van der Waals surface area contributed by atoms with Gasteiger partial charge < -0.3 is 5.32 Å². The molecule has 19 heavy (non-hydrogen) atoms. The highest BCUT2D eigenvalue weighted by Crippen LogP contribution is 2.24. The number of hydrogen-bond acceptors (Lipinski definition) is 4. The molecule has 0 spiro atoms. The van der Waals surface area contributed by atoms with Crippen molar-refractivity contribution in [3.63, 3.8) is 0 Å². The summed E-state index contributed by atoms with van der Waals surface area (Å²) in [5, 5.41) is 4.53. The van der Waals surface area contributed by atoms with E-state index in [1.54, 1.807) is 11.3 Å². The van der Waals surface area contributed by atoms with Crippen molar-refractivity contribution < 1.29 is 0 Å². The summed E-state index contributed by atoms with van der Waals surface area (Å²) in [5.74, 6) is 0. The van der Waals surface area contributed by atoms with Crippen LogP contribution in [0.2, 0.25) is 0 Å². The Hall–Kier alpha value is -1.94. The lowest BCUT2D eigenvalue weighted by atomic mass is 10.2. The van der Waals surface area contributed by atoms with E-state index in [9.17, 15) is 0 Å². The molecule has 3 nitrogen and oxygen atoms in total. The van der Waals surface area contributed by atoms with Crippen LogP contribution in [0.1, 0.15) is 16.3 Å². The molecule has 0 unspecified atom stereocenters. The van der Waals surface area contributed by atoms with E-state index in [0.717, 1.165) is 28.5 Å². The monoisotopic (exact) mass is 269 g/mol. The number of pyridine rings is 1. The summed E-state index contributed by atoms with van der Waals surface area (Å²) in [5.41, 5.74) is 4.43. The maximum Gasteiger partial charge on any atom is 0.0907 e. The van der Waals surface area contributed by atoms with Crippen LogP contribution < -0.4 is 5.32 Å². The van der Waals surface area contributed by atoms with Crippen molar-refractivity contribution >= 4 is 27.2 Å². The summed E-state index contributed by atoms with van der Waals surface area (Å²) in [4.78, 5) is 8.76. The van der Waals surface area contributed by atoms with Crippen molar-refractivity contribution in [1.29, 1.82) is 0 Å². The lowest BCUT2D eigenvalue weighted by Crippen LogP contribution is -1.99. The van der Waals surface area contributed by atoms with Gasteiger partial charge in [0.15, 0.2) is 0 Å². The van der Waals surface area contributed by atoms with Gasteiger partial charge in [-0.15, -0.1) is 11.3 Å². The third-order valence-corrected chi connectivity index (χ3v) is 3.90. The highest BCUT2D eigenvalue weighted by Gasteiger charge is 2.01. The number of benzene rings is 1. The van der Waals surface area contributed by atoms with Gasteiger partial charge in [-0.25, -0.2) is 4.98 Å². The fourth-order valence-electron chi connectivity index (χ4n) is 1.96. The number of fused-ring (bicyclic) bond motifs is 1. The average molecular weight is 269 g/mol. The smallest absolute Gasteiger partial charge is 0.0907 e. The third kappa shape index (κ3) is 2.74. The molecular weight excluding hydrogens is 254 g/mol. The standard InChI is InChI=1S/C15H15N3S/c1-10-3-4-12(8-16-10)9-17-13-5-6-14-15(7-13)19-11(2)18-14/h3-8,17H,9H2,1-2H3. The van der Waals surface area contributed by atoms with Crippen LogP contribution in [0.15, 0.2) is 36.5 Å². The number of thiazole rings is 1. The van der Waals surface area contributed by atoms with Crippen LogP contribution in [0.5, 0.6) is 0 Å². The van der Waals surface area contributed by atoms with E-state index in [0.29, 0.717) is 0 Å². The van der Waals surface area contributed by atoms with Crippen LogP contribution in [0, 0.1) is 13.8 Å². The van der Waals surface area contributed by atoms with Crippen molar-refractivity contribution in [2.75, 3.05) is 5.32 Å². The molecule has 0 fully saturated rings. The third-order valence-electron chi connectivity index (χ3n) is 2.96. The van der Waals surface area contributed by atoms with Crippen LogP contribution in [-0.4, -0.2) is 9.97 Å². The lowest BCUT2D eigenvalue weighted by molar-refractivity contribution is 1.09. The SMILES string of the molecule is Cc1ccc(CNc2ccc3nc(C)sc3c2)cn1. The minimum Gasteiger partial charge on any atom is -0.381 e. The summed E-state index contributed by atoms with van der Waals surface area (Å²) in [6.07, 6.45) is 1.91. The summed E-state index contributed by atoms with van der Waals surface area (Å²) < 4.78 is 1.23. The van der Waals surface area contributed by atoms with E-state index in [1.165, 1.54) is 10.3 Å². The highest BCUT2D eigenvalue weighted by atomic mass is 32.1. The molecule has 2 aromatic heterocycles. The molecule has 2 heterocycles. The van der Waals surface area contributed by atoms with Gasteiger partial charge in [-0.2, -0.15) is 0 Å². The molecule has 0 aliphatic rings. The molecule has 0 radical (unpaired) electrons. The first-order chi connectivity index (χ1) is 9.20. The topological polar surface area (TPSA) is 37.8 Å². The molecule has 0 aliphatic heterocycles. The Labute approximate surface area is 116 Å². The van der Waals surface area contributed by atoms with Gasteiger partial charge >= 0.3 is 0 Å². The number of anilines is 1. The molecule has 96 valence electrons. The van der Waals surface area contributed by atoms with Gasteiger partial charge in [0, 0.05) is 24.1 Å². The predicted molar refractivity (Wildman–Crippen MR) is 80.7 cm³/mol. The lowest BCUT2D eigenvalue weighted by Gasteiger charge is -2.06. The zero-order valence-electron chi connectivity index (χ0n) is 11.0. The second-order valence-corrected chi connectivity index (χ2v) is 5.81. The van der Waals surface area contributed by atoms with Crippen molar-refractivity contribution in [1.82, 2.24) is 9.97 Å². The van der Waals surface area contributed by atoms with Crippen LogP contribution in [0.25, 0.3) is 10.2 Å². The summed E-state index contributed by atoms with van der Waals surface area (Å²) in [7, 11) is 0. The van der Waals surface area contributed by atoms with Gasteiger partial charge in [0.25, 0.3) is 0 Å². The second-order valence-electron chi connectivity index (χ2n) is 4.58. The van der Waals surface area contributed by atoms with E-state index < -0.39 is 0 Å². The maximum atomic E-state index is 4.46. The normalized spacial score (nSPS) is 10.8.